The maximum Gasteiger partial charge on any atom is 0.322 e. The molecule has 3 nitrogen and oxygen atoms in total. The molecule has 1 fully saturated rings. The van der Waals surface area contributed by atoms with Gasteiger partial charge < -0.3 is 10.2 Å². The third-order valence-electron chi connectivity index (χ3n) is 4.03. The maximum atomic E-state index is 12.7. The van der Waals surface area contributed by atoms with E-state index in [0.29, 0.717) is 17.6 Å². The van der Waals surface area contributed by atoms with Crippen molar-refractivity contribution in [2.75, 3.05) is 5.32 Å². The molecule has 0 bridgehead atoms. The molecule has 3 rings (SSSR count). The number of hydrogen-bond donors (Lipinski definition) is 1. The second-order valence-corrected chi connectivity index (χ2v) is 7.05. The van der Waals surface area contributed by atoms with Crippen molar-refractivity contribution in [3.8, 4) is 0 Å². The second-order valence-electron chi connectivity index (χ2n) is 5.58. The topological polar surface area (TPSA) is 32.3 Å². The zero-order valence-electron chi connectivity index (χ0n) is 12.3. The van der Waals surface area contributed by atoms with Gasteiger partial charge in [0.2, 0.25) is 0 Å². The number of thiophene rings is 1. The smallest absolute Gasteiger partial charge is 0.316 e. The minimum Gasteiger partial charge on any atom is -0.316 e. The number of rotatable bonds is 4. The summed E-state index contributed by atoms with van der Waals surface area (Å²) in [4.78, 5) is 15.9. The number of amides is 2. The molecule has 1 aromatic carbocycles. The van der Waals surface area contributed by atoms with E-state index in [2.05, 4.69) is 16.8 Å². The van der Waals surface area contributed by atoms with Crippen LogP contribution in [0.2, 0.25) is 5.02 Å². The van der Waals surface area contributed by atoms with Crippen LogP contribution in [0.3, 0.4) is 0 Å². The molecule has 22 heavy (non-hydrogen) atoms. The number of carbonyl (C=O) groups excluding carboxylic acids is 1. The Balaban J connectivity index is 1.72. The van der Waals surface area contributed by atoms with E-state index in [1.165, 1.54) is 17.7 Å². The van der Waals surface area contributed by atoms with Crippen LogP contribution in [0, 0.1) is 0 Å². The molecule has 2 amide bonds. The number of nitrogens with one attached hydrogen (secondary N) is 1. The summed E-state index contributed by atoms with van der Waals surface area (Å²) in [7, 11) is 0. The third-order valence-corrected chi connectivity index (χ3v) is 5.14. The van der Waals surface area contributed by atoms with Gasteiger partial charge in [0.15, 0.2) is 0 Å². The van der Waals surface area contributed by atoms with Gasteiger partial charge in [0.25, 0.3) is 0 Å². The van der Waals surface area contributed by atoms with Crippen LogP contribution in [0.4, 0.5) is 10.5 Å². The van der Waals surface area contributed by atoms with E-state index in [-0.39, 0.29) is 6.03 Å². The van der Waals surface area contributed by atoms with E-state index in [9.17, 15) is 4.79 Å². The standard InChI is InChI=1S/C17H19ClN2OS/c18-13-7-9-14(10-8-13)19-17(21)20(15-4-1-2-5-15)12-16-6-3-11-22-16/h3,6-11,15H,1-2,4-5,12H2,(H,19,21). The Bertz CT molecular complexity index is 606. The Kier molecular flexibility index (Phi) is 5.01. The van der Waals surface area contributed by atoms with Gasteiger partial charge in [-0.15, -0.1) is 11.3 Å². The van der Waals surface area contributed by atoms with Gasteiger partial charge >= 0.3 is 6.03 Å². The summed E-state index contributed by atoms with van der Waals surface area (Å²) >= 11 is 7.58. The summed E-state index contributed by atoms with van der Waals surface area (Å²) in [5, 5.41) is 5.72. The van der Waals surface area contributed by atoms with Crippen LogP contribution in [0.25, 0.3) is 0 Å². The van der Waals surface area contributed by atoms with Crippen LogP contribution < -0.4 is 5.32 Å². The van der Waals surface area contributed by atoms with E-state index >= 15 is 0 Å². The van der Waals surface area contributed by atoms with Crippen LogP contribution in [-0.4, -0.2) is 17.0 Å². The summed E-state index contributed by atoms with van der Waals surface area (Å²) in [6.45, 7) is 0.682. The molecule has 0 spiro atoms. The Morgan fingerprint density at radius 3 is 2.59 bits per heavy atom. The fraction of sp³-hybridized carbons (Fsp3) is 0.353. The van der Waals surface area contributed by atoms with Gasteiger partial charge in [0.05, 0.1) is 6.54 Å². The molecule has 1 saturated carbocycles. The van der Waals surface area contributed by atoms with Gasteiger partial charge in [0.1, 0.15) is 0 Å². The summed E-state index contributed by atoms with van der Waals surface area (Å²) in [6, 6.07) is 11.7. The average Bonchev–Trinajstić information content (AvgIpc) is 3.20. The molecule has 1 aliphatic rings. The number of halogens is 1. The molecule has 5 heteroatoms. The van der Waals surface area contributed by atoms with E-state index in [0.717, 1.165) is 18.5 Å². The van der Waals surface area contributed by atoms with Crippen molar-refractivity contribution in [3.63, 3.8) is 0 Å². The third kappa shape index (κ3) is 3.81. The van der Waals surface area contributed by atoms with Crippen molar-refractivity contribution in [2.24, 2.45) is 0 Å². The molecular weight excluding hydrogens is 316 g/mol. The molecule has 1 aromatic heterocycles. The molecular formula is C17H19ClN2OS. The molecule has 0 atom stereocenters. The molecule has 1 heterocycles. The number of anilines is 1. The van der Waals surface area contributed by atoms with Crippen molar-refractivity contribution in [2.45, 2.75) is 38.3 Å². The number of urea groups is 1. The molecule has 1 N–H and O–H groups in total. The molecule has 1 aliphatic carbocycles. The first-order valence-electron chi connectivity index (χ1n) is 7.58. The van der Waals surface area contributed by atoms with Gasteiger partial charge in [-0.05, 0) is 48.6 Å². The van der Waals surface area contributed by atoms with Crippen LogP contribution in [0.1, 0.15) is 30.6 Å². The lowest BCUT2D eigenvalue weighted by molar-refractivity contribution is 0.185. The quantitative estimate of drug-likeness (QED) is 0.800. The van der Waals surface area contributed by atoms with Crippen molar-refractivity contribution in [1.82, 2.24) is 4.90 Å². The minimum absolute atomic E-state index is 0.0253. The Labute approximate surface area is 139 Å². The van der Waals surface area contributed by atoms with Crippen molar-refractivity contribution >= 4 is 34.7 Å². The van der Waals surface area contributed by atoms with Gasteiger partial charge in [-0.25, -0.2) is 4.79 Å². The predicted octanol–water partition coefficient (Wildman–Crippen LogP) is 5.38. The SMILES string of the molecule is O=C(Nc1ccc(Cl)cc1)N(Cc1cccs1)C1CCCC1. The normalized spacial score (nSPS) is 15.0. The van der Waals surface area contributed by atoms with Crippen molar-refractivity contribution in [3.05, 3.63) is 51.7 Å². The first kappa shape index (κ1) is 15.4. The first-order chi connectivity index (χ1) is 10.7. The minimum atomic E-state index is -0.0253. The monoisotopic (exact) mass is 334 g/mol. The van der Waals surface area contributed by atoms with Crippen LogP contribution in [0.5, 0.6) is 0 Å². The van der Waals surface area contributed by atoms with Gasteiger partial charge in [-0.2, -0.15) is 0 Å². The van der Waals surface area contributed by atoms with E-state index in [1.54, 1.807) is 23.5 Å². The molecule has 0 unspecified atom stereocenters. The lowest BCUT2D eigenvalue weighted by atomic mass is 10.2. The van der Waals surface area contributed by atoms with E-state index < -0.39 is 0 Å². The maximum absolute atomic E-state index is 12.7. The van der Waals surface area contributed by atoms with Gasteiger partial charge in [-0.3, -0.25) is 0 Å². The van der Waals surface area contributed by atoms with Crippen LogP contribution >= 0.6 is 22.9 Å². The van der Waals surface area contributed by atoms with Gasteiger partial charge in [0, 0.05) is 21.6 Å². The predicted molar refractivity (Wildman–Crippen MR) is 92.6 cm³/mol. The van der Waals surface area contributed by atoms with Gasteiger partial charge in [-0.1, -0.05) is 30.5 Å². The Morgan fingerprint density at radius 2 is 1.95 bits per heavy atom. The highest BCUT2D eigenvalue weighted by Gasteiger charge is 2.27. The highest BCUT2D eigenvalue weighted by atomic mass is 35.5. The Hall–Kier alpha value is -1.52. The molecule has 0 radical (unpaired) electrons. The molecule has 2 aromatic rings. The fourth-order valence-corrected chi connectivity index (χ4v) is 3.71. The fourth-order valence-electron chi connectivity index (χ4n) is 2.88. The highest BCUT2D eigenvalue weighted by Crippen LogP contribution is 2.27. The Morgan fingerprint density at radius 1 is 1.23 bits per heavy atom. The summed E-state index contributed by atoms with van der Waals surface area (Å²) in [5.41, 5.74) is 0.781. The lowest BCUT2D eigenvalue weighted by Gasteiger charge is -2.28. The number of hydrogen-bond acceptors (Lipinski definition) is 2. The zero-order chi connectivity index (χ0) is 15.4. The summed E-state index contributed by atoms with van der Waals surface area (Å²) in [5.74, 6) is 0. The van der Waals surface area contributed by atoms with E-state index in [1.807, 2.05) is 23.1 Å². The van der Waals surface area contributed by atoms with Crippen molar-refractivity contribution in [1.29, 1.82) is 0 Å². The van der Waals surface area contributed by atoms with Crippen LogP contribution in [0.15, 0.2) is 41.8 Å². The molecule has 0 aliphatic heterocycles. The van der Waals surface area contributed by atoms with Crippen LogP contribution in [-0.2, 0) is 6.54 Å². The lowest BCUT2D eigenvalue weighted by Crippen LogP contribution is -2.40. The van der Waals surface area contributed by atoms with Crippen molar-refractivity contribution < 1.29 is 4.79 Å². The highest BCUT2D eigenvalue weighted by molar-refractivity contribution is 7.09. The largest absolute Gasteiger partial charge is 0.322 e. The average molecular weight is 335 g/mol. The number of carbonyl (C=O) groups is 1. The molecule has 116 valence electrons. The molecule has 0 saturated heterocycles. The number of benzene rings is 1. The zero-order valence-corrected chi connectivity index (χ0v) is 13.9. The number of nitrogens with zero attached hydrogens (tertiary/aromatic N) is 1. The first-order valence-corrected chi connectivity index (χ1v) is 8.84. The second kappa shape index (κ2) is 7.16. The summed E-state index contributed by atoms with van der Waals surface area (Å²) in [6.07, 6.45) is 4.61. The summed E-state index contributed by atoms with van der Waals surface area (Å²) < 4.78 is 0. The van der Waals surface area contributed by atoms with E-state index in [4.69, 9.17) is 11.6 Å².